The molecular formula is C7H13BrO. The van der Waals surface area contributed by atoms with Gasteiger partial charge in [0, 0.05) is 6.42 Å². The molecule has 0 aliphatic heterocycles. The molecule has 0 rings (SSSR count). The zero-order valence-electron chi connectivity index (χ0n) is 6.20. The number of carbonyl (C=O) groups excluding carboxylic acids is 1. The van der Waals surface area contributed by atoms with Gasteiger partial charge in [0.1, 0.15) is 0 Å². The first-order valence-electron chi connectivity index (χ1n) is 3.16. The van der Waals surface area contributed by atoms with Gasteiger partial charge in [-0.05, 0) is 21.3 Å². The van der Waals surface area contributed by atoms with E-state index in [1.54, 1.807) is 0 Å². The fraction of sp³-hybridized carbons (Fsp3) is 0.857. The lowest BCUT2D eigenvalue weighted by Crippen LogP contribution is -2.12. The van der Waals surface area contributed by atoms with E-state index in [-0.39, 0.29) is 10.1 Å². The lowest BCUT2D eigenvalue weighted by molar-refractivity contribution is -0.112. The summed E-state index contributed by atoms with van der Waals surface area (Å²) in [5.41, 5.74) is 0.167. The van der Waals surface area contributed by atoms with E-state index in [9.17, 15) is 4.79 Å². The Morgan fingerprint density at radius 3 is 2.11 bits per heavy atom. The van der Waals surface area contributed by atoms with Crippen LogP contribution in [0.2, 0.25) is 0 Å². The number of rotatable bonds is 3. The summed E-state index contributed by atoms with van der Waals surface area (Å²) in [5.74, 6) is 0. The van der Waals surface area contributed by atoms with Crippen molar-refractivity contribution in [1.29, 1.82) is 0 Å². The van der Waals surface area contributed by atoms with Crippen molar-refractivity contribution in [2.75, 3.05) is 0 Å². The van der Waals surface area contributed by atoms with Gasteiger partial charge in [0.05, 0.1) is 0 Å². The molecule has 0 saturated carbocycles. The van der Waals surface area contributed by atoms with Crippen molar-refractivity contribution in [3.05, 3.63) is 0 Å². The fourth-order valence-corrected chi connectivity index (χ4v) is 1.26. The minimum Gasteiger partial charge on any atom is -0.287 e. The van der Waals surface area contributed by atoms with Crippen LogP contribution in [0.5, 0.6) is 0 Å². The molecule has 0 aliphatic carbocycles. The molecule has 0 aromatic rings. The highest BCUT2D eigenvalue weighted by Gasteiger charge is 2.17. The van der Waals surface area contributed by atoms with E-state index in [0.717, 1.165) is 6.42 Å². The summed E-state index contributed by atoms with van der Waals surface area (Å²) in [4.78, 5) is 10.5. The first-order chi connectivity index (χ1) is 3.98. The number of halogens is 1. The Hall–Kier alpha value is 0.150. The third-order valence-corrected chi connectivity index (χ3v) is 1.86. The molecule has 0 fully saturated rings. The molecule has 2 heteroatoms. The quantitative estimate of drug-likeness (QED) is 0.629. The lowest BCUT2D eigenvalue weighted by atomic mass is 9.87. The summed E-state index contributed by atoms with van der Waals surface area (Å²) in [5, 5.41) is 0. The highest BCUT2D eigenvalue weighted by Crippen LogP contribution is 2.25. The molecule has 0 aromatic heterocycles. The third-order valence-electron chi connectivity index (χ3n) is 1.57. The summed E-state index contributed by atoms with van der Waals surface area (Å²) >= 11 is 2.91. The van der Waals surface area contributed by atoms with Gasteiger partial charge >= 0.3 is 0 Å². The van der Waals surface area contributed by atoms with Crippen molar-refractivity contribution in [3.8, 4) is 0 Å². The van der Waals surface area contributed by atoms with Gasteiger partial charge in [-0.1, -0.05) is 27.2 Å². The van der Waals surface area contributed by atoms with Gasteiger partial charge in [0.2, 0.25) is 0 Å². The Labute approximate surface area is 65.0 Å². The molecule has 0 saturated heterocycles. The summed E-state index contributed by atoms with van der Waals surface area (Å²) < 4.78 is 0.106. The van der Waals surface area contributed by atoms with Gasteiger partial charge in [0.15, 0.2) is 4.69 Å². The van der Waals surface area contributed by atoms with Gasteiger partial charge in [-0.2, -0.15) is 0 Å². The summed E-state index contributed by atoms with van der Waals surface area (Å²) in [6, 6.07) is 0. The van der Waals surface area contributed by atoms with Gasteiger partial charge < -0.3 is 0 Å². The molecular weight excluding hydrogens is 180 g/mol. The van der Waals surface area contributed by atoms with Crippen molar-refractivity contribution in [3.63, 3.8) is 0 Å². The molecule has 0 radical (unpaired) electrons. The van der Waals surface area contributed by atoms with E-state index < -0.39 is 0 Å². The monoisotopic (exact) mass is 192 g/mol. The highest BCUT2D eigenvalue weighted by molar-refractivity contribution is 9.18. The summed E-state index contributed by atoms with van der Waals surface area (Å²) in [6.07, 6.45) is 1.67. The SMILES string of the molecule is CCC(C)(C)CC(=O)Br. The topological polar surface area (TPSA) is 17.1 Å². The maximum absolute atomic E-state index is 10.5. The zero-order chi connectivity index (χ0) is 7.49. The predicted octanol–water partition coefficient (Wildman–Crippen LogP) is 2.73. The molecule has 0 atom stereocenters. The second kappa shape index (κ2) is 3.35. The number of carbonyl (C=O) groups is 1. The molecule has 0 spiro atoms. The third kappa shape index (κ3) is 4.64. The second-order valence-corrected chi connectivity index (χ2v) is 3.93. The van der Waals surface area contributed by atoms with E-state index in [1.807, 2.05) is 0 Å². The van der Waals surface area contributed by atoms with Crippen molar-refractivity contribution >= 4 is 20.6 Å². The largest absolute Gasteiger partial charge is 0.287 e. The summed E-state index contributed by atoms with van der Waals surface area (Å²) in [7, 11) is 0. The van der Waals surface area contributed by atoms with Crippen LogP contribution in [-0.4, -0.2) is 4.69 Å². The Morgan fingerprint density at radius 2 is 2.00 bits per heavy atom. The van der Waals surface area contributed by atoms with Crippen LogP contribution >= 0.6 is 15.9 Å². The maximum atomic E-state index is 10.5. The molecule has 0 aromatic carbocycles. The highest BCUT2D eigenvalue weighted by atomic mass is 79.9. The first kappa shape index (κ1) is 9.15. The van der Waals surface area contributed by atoms with Gasteiger partial charge in [0.25, 0.3) is 0 Å². The molecule has 0 bridgehead atoms. The Balaban J connectivity index is 3.71. The van der Waals surface area contributed by atoms with E-state index in [4.69, 9.17) is 0 Å². The number of hydrogen-bond acceptors (Lipinski definition) is 1. The van der Waals surface area contributed by atoms with Crippen LogP contribution in [-0.2, 0) is 4.79 Å². The van der Waals surface area contributed by atoms with Crippen molar-refractivity contribution < 1.29 is 4.79 Å². The molecule has 0 amide bonds. The van der Waals surface area contributed by atoms with Crippen molar-refractivity contribution in [1.82, 2.24) is 0 Å². The Kier molecular flexibility index (Phi) is 3.41. The van der Waals surface area contributed by atoms with Crippen LogP contribution < -0.4 is 0 Å². The molecule has 0 heterocycles. The maximum Gasteiger partial charge on any atom is 0.198 e. The fourth-order valence-electron chi connectivity index (χ4n) is 0.501. The Morgan fingerprint density at radius 1 is 1.56 bits per heavy atom. The molecule has 0 aliphatic rings. The van der Waals surface area contributed by atoms with Crippen LogP contribution in [0, 0.1) is 5.41 Å². The first-order valence-corrected chi connectivity index (χ1v) is 3.95. The number of hydrogen-bond donors (Lipinski definition) is 0. The molecule has 0 N–H and O–H groups in total. The second-order valence-electron chi connectivity index (χ2n) is 3.05. The van der Waals surface area contributed by atoms with Crippen molar-refractivity contribution in [2.24, 2.45) is 5.41 Å². The van der Waals surface area contributed by atoms with E-state index >= 15 is 0 Å². The van der Waals surface area contributed by atoms with Gasteiger partial charge in [-0.3, -0.25) is 4.79 Å². The van der Waals surface area contributed by atoms with Crippen LogP contribution in [0.1, 0.15) is 33.6 Å². The minimum atomic E-state index is 0.106. The van der Waals surface area contributed by atoms with E-state index in [1.165, 1.54) is 0 Å². The molecule has 54 valence electrons. The van der Waals surface area contributed by atoms with Crippen LogP contribution in [0.3, 0.4) is 0 Å². The molecule has 0 unspecified atom stereocenters. The smallest absolute Gasteiger partial charge is 0.198 e. The average molecular weight is 193 g/mol. The summed E-state index contributed by atoms with van der Waals surface area (Å²) in [6.45, 7) is 6.27. The molecule has 9 heavy (non-hydrogen) atoms. The van der Waals surface area contributed by atoms with Crippen LogP contribution in [0.15, 0.2) is 0 Å². The van der Waals surface area contributed by atoms with E-state index in [2.05, 4.69) is 36.7 Å². The average Bonchev–Trinajstić information content (AvgIpc) is 1.63. The Bertz CT molecular complexity index is 107. The lowest BCUT2D eigenvalue weighted by Gasteiger charge is -2.19. The zero-order valence-corrected chi connectivity index (χ0v) is 7.79. The van der Waals surface area contributed by atoms with Gasteiger partial charge in [-0.15, -0.1) is 0 Å². The van der Waals surface area contributed by atoms with Crippen LogP contribution in [0.4, 0.5) is 0 Å². The normalized spacial score (nSPS) is 11.6. The minimum absolute atomic E-state index is 0.106. The van der Waals surface area contributed by atoms with E-state index in [0.29, 0.717) is 6.42 Å². The van der Waals surface area contributed by atoms with Crippen LogP contribution in [0.25, 0.3) is 0 Å². The predicted molar refractivity (Wildman–Crippen MR) is 42.6 cm³/mol. The standard InChI is InChI=1S/C7H13BrO/c1-4-7(2,3)5-6(8)9/h4-5H2,1-3H3. The van der Waals surface area contributed by atoms with Crippen molar-refractivity contribution in [2.45, 2.75) is 33.6 Å². The van der Waals surface area contributed by atoms with Gasteiger partial charge in [-0.25, -0.2) is 0 Å². The molecule has 1 nitrogen and oxygen atoms in total.